The first-order valence-corrected chi connectivity index (χ1v) is 7.56. The number of carbonyl (C=O) groups excluding carboxylic acids is 1. The molecule has 1 atom stereocenters. The fourth-order valence-electron chi connectivity index (χ4n) is 2.07. The minimum atomic E-state index is 0.170. The molecule has 2 rings (SSSR count). The Morgan fingerprint density at radius 3 is 3.12 bits per heavy atom. The van der Waals surface area contributed by atoms with Gasteiger partial charge in [-0.2, -0.15) is 0 Å². The zero-order valence-corrected chi connectivity index (χ0v) is 12.1. The van der Waals surface area contributed by atoms with Crippen LogP contribution in [0.5, 0.6) is 0 Å². The number of rotatable bonds is 4. The van der Waals surface area contributed by atoms with E-state index in [-0.39, 0.29) is 5.91 Å². The molecular formula is C12H17BrN2OS. The maximum Gasteiger partial charge on any atom is 0.220 e. The second-order valence-corrected chi connectivity index (χ2v) is 6.95. The van der Waals surface area contributed by atoms with Gasteiger partial charge in [0.15, 0.2) is 0 Å². The molecule has 94 valence electrons. The summed E-state index contributed by atoms with van der Waals surface area (Å²) in [7, 11) is 0. The smallest absolute Gasteiger partial charge is 0.220 e. The van der Waals surface area contributed by atoms with Gasteiger partial charge in [0, 0.05) is 11.3 Å². The standard InChI is InChI=1S/C12H17BrN2OS/c13-11-4-3-10(17-11)8-15-12(16)6-9-2-1-5-14-7-9/h3-4,9,14H,1-2,5-8H2,(H,15,16). The Morgan fingerprint density at radius 2 is 2.47 bits per heavy atom. The molecule has 2 heterocycles. The van der Waals surface area contributed by atoms with Gasteiger partial charge in [-0.25, -0.2) is 0 Å². The van der Waals surface area contributed by atoms with Crippen molar-refractivity contribution in [1.82, 2.24) is 10.6 Å². The highest BCUT2D eigenvalue weighted by Crippen LogP contribution is 2.21. The van der Waals surface area contributed by atoms with E-state index in [1.807, 2.05) is 12.1 Å². The molecule has 1 unspecified atom stereocenters. The topological polar surface area (TPSA) is 41.1 Å². The van der Waals surface area contributed by atoms with Gasteiger partial charge in [0.1, 0.15) is 0 Å². The number of hydrogen-bond acceptors (Lipinski definition) is 3. The average molecular weight is 317 g/mol. The number of piperidine rings is 1. The van der Waals surface area contributed by atoms with Crippen LogP contribution in [0.2, 0.25) is 0 Å². The number of thiophene rings is 1. The lowest BCUT2D eigenvalue weighted by atomic mass is 9.96. The number of hydrogen-bond donors (Lipinski definition) is 2. The molecule has 1 aliphatic rings. The molecule has 1 saturated heterocycles. The lowest BCUT2D eigenvalue weighted by molar-refractivity contribution is -0.122. The molecule has 17 heavy (non-hydrogen) atoms. The summed E-state index contributed by atoms with van der Waals surface area (Å²) in [6, 6.07) is 4.05. The Bertz CT molecular complexity index is 374. The van der Waals surface area contributed by atoms with Crippen LogP contribution >= 0.6 is 27.3 Å². The number of nitrogens with one attached hydrogen (secondary N) is 2. The molecule has 0 aromatic carbocycles. The van der Waals surface area contributed by atoms with Crippen molar-refractivity contribution in [1.29, 1.82) is 0 Å². The maximum absolute atomic E-state index is 11.7. The Labute approximate surface area is 114 Å². The van der Waals surface area contributed by atoms with Crippen LogP contribution in [0.1, 0.15) is 24.1 Å². The van der Waals surface area contributed by atoms with Crippen molar-refractivity contribution in [2.45, 2.75) is 25.8 Å². The minimum absolute atomic E-state index is 0.170. The zero-order chi connectivity index (χ0) is 12.1. The van der Waals surface area contributed by atoms with Crippen LogP contribution in [-0.4, -0.2) is 19.0 Å². The van der Waals surface area contributed by atoms with E-state index in [1.165, 1.54) is 17.7 Å². The molecule has 0 spiro atoms. The van der Waals surface area contributed by atoms with Gasteiger partial charge in [-0.05, 0) is 59.9 Å². The van der Waals surface area contributed by atoms with Crippen LogP contribution in [0, 0.1) is 5.92 Å². The fraction of sp³-hybridized carbons (Fsp3) is 0.583. The van der Waals surface area contributed by atoms with Gasteiger partial charge in [-0.3, -0.25) is 4.79 Å². The van der Waals surface area contributed by atoms with Crippen LogP contribution in [-0.2, 0) is 11.3 Å². The largest absolute Gasteiger partial charge is 0.351 e. The van der Waals surface area contributed by atoms with E-state index in [2.05, 4.69) is 26.6 Å². The summed E-state index contributed by atoms with van der Waals surface area (Å²) < 4.78 is 1.11. The van der Waals surface area contributed by atoms with E-state index in [0.717, 1.165) is 16.9 Å². The Hall–Kier alpha value is -0.390. The lowest BCUT2D eigenvalue weighted by Gasteiger charge is -2.21. The summed E-state index contributed by atoms with van der Waals surface area (Å²) in [5, 5.41) is 6.32. The molecule has 1 aromatic rings. The average Bonchev–Trinajstić information content (AvgIpc) is 2.74. The van der Waals surface area contributed by atoms with Gasteiger partial charge in [-0.1, -0.05) is 0 Å². The Kier molecular flexibility index (Phi) is 5.00. The second kappa shape index (κ2) is 6.52. The lowest BCUT2D eigenvalue weighted by Crippen LogP contribution is -2.33. The highest BCUT2D eigenvalue weighted by atomic mass is 79.9. The van der Waals surface area contributed by atoms with Crippen molar-refractivity contribution in [2.24, 2.45) is 5.92 Å². The summed E-state index contributed by atoms with van der Waals surface area (Å²) in [4.78, 5) is 12.9. The summed E-state index contributed by atoms with van der Waals surface area (Å²) in [6.07, 6.45) is 3.01. The van der Waals surface area contributed by atoms with Crippen molar-refractivity contribution in [3.8, 4) is 0 Å². The van der Waals surface area contributed by atoms with Crippen molar-refractivity contribution in [3.05, 3.63) is 20.8 Å². The van der Waals surface area contributed by atoms with Crippen LogP contribution in [0.3, 0.4) is 0 Å². The summed E-state index contributed by atoms with van der Waals surface area (Å²) in [5.41, 5.74) is 0. The predicted octanol–water partition coefficient (Wildman–Crippen LogP) is 2.52. The molecule has 3 nitrogen and oxygen atoms in total. The van der Waals surface area contributed by atoms with E-state index in [1.54, 1.807) is 11.3 Å². The first kappa shape index (κ1) is 13.1. The molecule has 1 fully saturated rings. The SMILES string of the molecule is O=C(CC1CCCNC1)NCc1ccc(Br)s1. The number of amides is 1. The summed E-state index contributed by atoms with van der Waals surface area (Å²) >= 11 is 5.08. The zero-order valence-electron chi connectivity index (χ0n) is 9.67. The van der Waals surface area contributed by atoms with Crippen molar-refractivity contribution >= 4 is 33.2 Å². The van der Waals surface area contributed by atoms with Crippen LogP contribution in [0.15, 0.2) is 15.9 Å². The third kappa shape index (κ3) is 4.41. The number of carbonyl (C=O) groups is 1. The van der Waals surface area contributed by atoms with Gasteiger partial charge < -0.3 is 10.6 Å². The van der Waals surface area contributed by atoms with Crippen molar-refractivity contribution in [3.63, 3.8) is 0 Å². The van der Waals surface area contributed by atoms with Crippen LogP contribution < -0.4 is 10.6 Å². The molecule has 1 aliphatic heterocycles. The van der Waals surface area contributed by atoms with Crippen LogP contribution in [0.25, 0.3) is 0 Å². The van der Waals surface area contributed by atoms with Gasteiger partial charge in [0.05, 0.1) is 10.3 Å². The molecule has 1 aromatic heterocycles. The summed E-state index contributed by atoms with van der Waals surface area (Å²) in [5.74, 6) is 0.682. The molecule has 2 N–H and O–H groups in total. The highest BCUT2D eigenvalue weighted by molar-refractivity contribution is 9.11. The third-order valence-corrected chi connectivity index (χ3v) is 4.59. The third-order valence-electron chi connectivity index (χ3n) is 2.96. The van der Waals surface area contributed by atoms with Crippen molar-refractivity contribution < 1.29 is 4.79 Å². The highest BCUT2D eigenvalue weighted by Gasteiger charge is 2.16. The van der Waals surface area contributed by atoms with E-state index in [4.69, 9.17) is 0 Å². The quantitative estimate of drug-likeness (QED) is 0.896. The normalized spacial score (nSPS) is 20.2. The monoisotopic (exact) mass is 316 g/mol. The Morgan fingerprint density at radius 1 is 1.59 bits per heavy atom. The first-order chi connectivity index (χ1) is 8.24. The maximum atomic E-state index is 11.7. The van der Waals surface area contributed by atoms with Crippen LogP contribution in [0.4, 0.5) is 0 Å². The summed E-state index contributed by atoms with van der Waals surface area (Å²) in [6.45, 7) is 2.73. The van der Waals surface area contributed by atoms with Gasteiger partial charge >= 0.3 is 0 Å². The predicted molar refractivity (Wildman–Crippen MR) is 74.1 cm³/mol. The fourth-order valence-corrected chi connectivity index (χ4v) is 3.49. The van der Waals surface area contributed by atoms with Gasteiger partial charge in [-0.15, -0.1) is 11.3 Å². The van der Waals surface area contributed by atoms with E-state index < -0.39 is 0 Å². The molecule has 5 heteroatoms. The Balaban J connectivity index is 1.70. The molecular weight excluding hydrogens is 300 g/mol. The van der Waals surface area contributed by atoms with E-state index >= 15 is 0 Å². The van der Waals surface area contributed by atoms with Crippen molar-refractivity contribution in [2.75, 3.05) is 13.1 Å². The molecule has 0 aliphatic carbocycles. The van der Waals surface area contributed by atoms with Gasteiger partial charge in [0.25, 0.3) is 0 Å². The molecule has 0 saturated carbocycles. The van der Waals surface area contributed by atoms with E-state index in [0.29, 0.717) is 18.9 Å². The minimum Gasteiger partial charge on any atom is -0.351 e. The molecule has 0 radical (unpaired) electrons. The van der Waals surface area contributed by atoms with E-state index in [9.17, 15) is 4.79 Å². The first-order valence-electron chi connectivity index (χ1n) is 5.95. The second-order valence-electron chi connectivity index (χ2n) is 4.40. The molecule has 1 amide bonds. The van der Waals surface area contributed by atoms with Gasteiger partial charge in [0.2, 0.25) is 5.91 Å². The molecule has 0 bridgehead atoms. The number of halogens is 1.